The molecule has 0 heterocycles. The van der Waals surface area contributed by atoms with Gasteiger partial charge in [-0.05, 0) is 38.5 Å². The fourth-order valence-corrected chi connectivity index (χ4v) is 2.15. The molecular formula is C16H24BrNO. The number of rotatable bonds is 5. The SMILES string of the molecule is CC(C)C(=O)[C@H](CNC(C)(C)C)c1ccc(Br)cc1. The molecule has 0 aromatic heterocycles. The second-order valence-corrected chi connectivity index (χ2v) is 7.21. The lowest BCUT2D eigenvalue weighted by Crippen LogP contribution is -2.40. The van der Waals surface area contributed by atoms with Crippen LogP contribution < -0.4 is 5.32 Å². The van der Waals surface area contributed by atoms with Gasteiger partial charge in [-0.15, -0.1) is 0 Å². The number of Topliss-reactive ketones (excluding diaryl/α,β-unsaturated/α-hetero) is 1. The Morgan fingerprint density at radius 2 is 1.74 bits per heavy atom. The molecule has 0 radical (unpaired) electrons. The Balaban J connectivity index is 2.92. The minimum atomic E-state index is -0.0766. The van der Waals surface area contributed by atoms with Crippen molar-refractivity contribution >= 4 is 21.7 Å². The molecule has 0 amide bonds. The fourth-order valence-electron chi connectivity index (χ4n) is 1.89. The van der Waals surface area contributed by atoms with Gasteiger partial charge in [-0.2, -0.15) is 0 Å². The van der Waals surface area contributed by atoms with Crippen molar-refractivity contribution in [3.8, 4) is 0 Å². The number of hydrogen-bond acceptors (Lipinski definition) is 2. The van der Waals surface area contributed by atoms with E-state index < -0.39 is 0 Å². The van der Waals surface area contributed by atoms with E-state index in [0.29, 0.717) is 12.3 Å². The van der Waals surface area contributed by atoms with Gasteiger partial charge in [0.15, 0.2) is 0 Å². The monoisotopic (exact) mass is 325 g/mol. The van der Waals surface area contributed by atoms with Gasteiger partial charge in [-0.25, -0.2) is 0 Å². The minimum absolute atomic E-state index is 0.0187. The summed E-state index contributed by atoms with van der Waals surface area (Å²) < 4.78 is 1.04. The summed E-state index contributed by atoms with van der Waals surface area (Å²) in [7, 11) is 0. The molecule has 0 aliphatic carbocycles. The zero-order chi connectivity index (χ0) is 14.6. The van der Waals surface area contributed by atoms with Crippen LogP contribution in [0, 0.1) is 5.92 Å². The van der Waals surface area contributed by atoms with Crippen LogP contribution in [0.2, 0.25) is 0 Å². The Morgan fingerprint density at radius 1 is 1.21 bits per heavy atom. The highest BCUT2D eigenvalue weighted by Gasteiger charge is 2.24. The third-order valence-corrected chi connectivity index (χ3v) is 3.55. The van der Waals surface area contributed by atoms with Crippen LogP contribution >= 0.6 is 15.9 Å². The Hall–Kier alpha value is -0.670. The lowest BCUT2D eigenvalue weighted by atomic mass is 9.88. The summed E-state index contributed by atoms with van der Waals surface area (Å²) in [6.45, 7) is 11.0. The lowest BCUT2D eigenvalue weighted by molar-refractivity contribution is -0.123. The van der Waals surface area contributed by atoms with Crippen LogP contribution in [0.1, 0.15) is 46.1 Å². The number of benzene rings is 1. The van der Waals surface area contributed by atoms with E-state index in [9.17, 15) is 4.79 Å². The van der Waals surface area contributed by atoms with Crippen molar-refractivity contribution in [2.24, 2.45) is 5.92 Å². The molecule has 1 rings (SSSR count). The summed E-state index contributed by atoms with van der Waals surface area (Å²) >= 11 is 3.43. The average Bonchev–Trinajstić information content (AvgIpc) is 2.29. The van der Waals surface area contributed by atoms with Gasteiger partial charge in [0.2, 0.25) is 0 Å². The van der Waals surface area contributed by atoms with Crippen molar-refractivity contribution in [2.45, 2.75) is 46.1 Å². The highest BCUT2D eigenvalue weighted by Crippen LogP contribution is 2.23. The van der Waals surface area contributed by atoms with Crippen LogP contribution in [0.25, 0.3) is 0 Å². The van der Waals surface area contributed by atoms with Gasteiger partial charge < -0.3 is 5.32 Å². The molecule has 3 heteroatoms. The minimum Gasteiger partial charge on any atom is -0.311 e. The molecule has 0 saturated heterocycles. The van der Waals surface area contributed by atoms with Gasteiger partial charge in [0.1, 0.15) is 5.78 Å². The summed E-state index contributed by atoms with van der Waals surface area (Å²) in [5.74, 6) is 0.266. The topological polar surface area (TPSA) is 29.1 Å². The molecule has 19 heavy (non-hydrogen) atoms. The maximum atomic E-state index is 12.4. The number of carbonyl (C=O) groups is 1. The Labute approximate surface area is 125 Å². The maximum Gasteiger partial charge on any atom is 0.144 e. The van der Waals surface area contributed by atoms with Gasteiger partial charge >= 0.3 is 0 Å². The van der Waals surface area contributed by atoms with E-state index >= 15 is 0 Å². The van der Waals surface area contributed by atoms with Gasteiger partial charge in [-0.3, -0.25) is 4.79 Å². The number of hydrogen-bond donors (Lipinski definition) is 1. The van der Waals surface area contributed by atoms with Crippen molar-refractivity contribution in [3.05, 3.63) is 34.3 Å². The third-order valence-electron chi connectivity index (χ3n) is 3.02. The molecule has 0 fully saturated rings. The number of carbonyl (C=O) groups excluding carboxylic acids is 1. The van der Waals surface area contributed by atoms with Crippen molar-refractivity contribution in [1.29, 1.82) is 0 Å². The summed E-state index contributed by atoms with van der Waals surface area (Å²) in [6.07, 6.45) is 0. The molecular weight excluding hydrogens is 302 g/mol. The van der Waals surface area contributed by atoms with Crippen molar-refractivity contribution in [1.82, 2.24) is 5.32 Å². The quantitative estimate of drug-likeness (QED) is 0.881. The van der Waals surface area contributed by atoms with Gasteiger partial charge in [-0.1, -0.05) is 41.9 Å². The maximum absolute atomic E-state index is 12.4. The Bertz CT molecular complexity index is 417. The smallest absolute Gasteiger partial charge is 0.144 e. The van der Waals surface area contributed by atoms with E-state index in [-0.39, 0.29) is 17.4 Å². The predicted molar refractivity (Wildman–Crippen MR) is 84.5 cm³/mol. The van der Waals surface area contributed by atoms with Gasteiger partial charge in [0.25, 0.3) is 0 Å². The number of nitrogens with one attached hydrogen (secondary N) is 1. The summed E-state index contributed by atoms with van der Waals surface area (Å²) in [6, 6.07) is 8.04. The van der Waals surface area contributed by atoms with E-state index in [2.05, 4.69) is 42.0 Å². The van der Waals surface area contributed by atoms with Gasteiger partial charge in [0, 0.05) is 22.5 Å². The van der Waals surface area contributed by atoms with Crippen LogP contribution in [-0.2, 0) is 4.79 Å². The molecule has 0 aliphatic rings. The first-order valence-corrected chi connectivity index (χ1v) is 7.54. The van der Waals surface area contributed by atoms with Crippen molar-refractivity contribution < 1.29 is 4.79 Å². The van der Waals surface area contributed by atoms with E-state index in [0.717, 1.165) is 10.0 Å². The van der Waals surface area contributed by atoms with Crippen molar-refractivity contribution in [2.75, 3.05) is 6.54 Å². The van der Waals surface area contributed by atoms with Gasteiger partial charge in [0.05, 0.1) is 5.92 Å². The van der Waals surface area contributed by atoms with Crippen LogP contribution in [0.15, 0.2) is 28.7 Å². The summed E-state index contributed by atoms with van der Waals surface area (Å²) in [5, 5.41) is 3.44. The first kappa shape index (κ1) is 16.4. The highest BCUT2D eigenvalue weighted by atomic mass is 79.9. The van der Waals surface area contributed by atoms with Crippen molar-refractivity contribution in [3.63, 3.8) is 0 Å². The molecule has 0 bridgehead atoms. The third kappa shape index (κ3) is 5.45. The fraction of sp³-hybridized carbons (Fsp3) is 0.562. The molecule has 0 unspecified atom stereocenters. The Morgan fingerprint density at radius 3 is 2.16 bits per heavy atom. The van der Waals surface area contributed by atoms with Crippen LogP contribution in [0.4, 0.5) is 0 Å². The van der Waals surface area contributed by atoms with E-state index in [4.69, 9.17) is 0 Å². The highest BCUT2D eigenvalue weighted by molar-refractivity contribution is 9.10. The predicted octanol–water partition coefficient (Wildman–Crippen LogP) is 4.15. The molecule has 1 aromatic rings. The molecule has 0 aliphatic heterocycles. The van der Waals surface area contributed by atoms with E-state index in [1.54, 1.807) is 0 Å². The normalized spacial score (nSPS) is 13.6. The van der Waals surface area contributed by atoms with E-state index in [1.807, 2.05) is 38.1 Å². The molecule has 1 N–H and O–H groups in total. The second-order valence-electron chi connectivity index (χ2n) is 6.29. The first-order chi connectivity index (χ1) is 8.70. The molecule has 0 saturated carbocycles. The Kier molecular flexibility index (Phi) is 5.75. The number of halogens is 1. The van der Waals surface area contributed by atoms with Crippen LogP contribution in [-0.4, -0.2) is 17.9 Å². The molecule has 0 spiro atoms. The van der Waals surface area contributed by atoms with Crippen LogP contribution in [0.3, 0.4) is 0 Å². The molecule has 1 aromatic carbocycles. The standard InChI is InChI=1S/C16H24BrNO/c1-11(2)15(19)14(10-18-16(3,4)5)12-6-8-13(17)9-7-12/h6-9,11,14,18H,10H2,1-5H3/t14-/m1/s1. The average molecular weight is 326 g/mol. The molecule has 106 valence electrons. The summed E-state index contributed by atoms with van der Waals surface area (Å²) in [5.41, 5.74) is 1.10. The zero-order valence-electron chi connectivity index (χ0n) is 12.5. The zero-order valence-corrected chi connectivity index (χ0v) is 14.0. The molecule has 1 atom stereocenters. The van der Waals surface area contributed by atoms with E-state index in [1.165, 1.54) is 0 Å². The lowest BCUT2D eigenvalue weighted by Gasteiger charge is -2.26. The summed E-state index contributed by atoms with van der Waals surface area (Å²) in [4.78, 5) is 12.4. The largest absolute Gasteiger partial charge is 0.311 e. The first-order valence-electron chi connectivity index (χ1n) is 6.75. The second kappa shape index (κ2) is 6.67. The van der Waals surface area contributed by atoms with Crippen LogP contribution in [0.5, 0.6) is 0 Å². The number of ketones is 1. The molecule has 2 nitrogen and oxygen atoms in total.